The van der Waals surface area contributed by atoms with E-state index in [4.69, 9.17) is 0 Å². The van der Waals surface area contributed by atoms with Crippen molar-refractivity contribution in [1.82, 2.24) is 10.2 Å². The van der Waals surface area contributed by atoms with Crippen LogP contribution in [0.3, 0.4) is 0 Å². The minimum Gasteiger partial charge on any atom is -0.310 e. The number of thioether (sulfide) groups is 1. The number of nitrogens with zero attached hydrogens (tertiary/aromatic N) is 1. The van der Waals surface area contributed by atoms with Crippen LogP contribution in [0.1, 0.15) is 29.2 Å². The fourth-order valence-corrected chi connectivity index (χ4v) is 5.23. The number of allylic oxidation sites excluding steroid dienone is 2. The standard InChI is InChI=1S/C27H32F2N2S/c1-3-5-21(4-2)20-30-26-14-16-31(17-15-26)18-19-32-27(22-6-10-24(28)11-7-22)23-8-12-25(29)13-9-23/h3-13,26-27,30H,1-2,14-20H2/b21-5+. The molecule has 1 heterocycles. The van der Waals surface area contributed by atoms with Crippen LogP contribution in [0.5, 0.6) is 0 Å². The Morgan fingerprint density at radius 1 is 1.00 bits per heavy atom. The first-order valence-electron chi connectivity index (χ1n) is 11.1. The van der Waals surface area contributed by atoms with E-state index in [1.807, 2.05) is 48.2 Å². The van der Waals surface area contributed by atoms with Gasteiger partial charge in [-0.05, 0) is 66.9 Å². The Hall–Kier alpha value is -2.21. The normalized spacial score (nSPS) is 15.8. The van der Waals surface area contributed by atoms with Crippen molar-refractivity contribution in [3.05, 3.63) is 108 Å². The molecule has 1 aliphatic rings. The quantitative estimate of drug-likeness (QED) is 0.411. The average molecular weight is 455 g/mol. The highest BCUT2D eigenvalue weighted by Crippen LogP contribution is 2.36. The highest BCUT2D eigenvalue weighted by Gasteiger charge is 2.20. The summed E-state index contributed by atoms with van der Waals surface area (Å²) in [4.78, 5) is 2.51. The summed E-state index contributed by atoms with van der Waals surface area (Å²) in [6.45, 7) is 11.6. The van der Waals surface area contributed by atoms with E-state index in [2.05, 4.69) is 23.4 Å². The molecule has 5 heteroatoms. The van der Waals surface area contributed by atoms with E-state index in [1.54, 1.807) is 6.08 Å². The molecule has 0 saturated carbocycles. The van der Waals surface area contributed by atoms with Gasteiger partial charge in [-0.25, -0.2) is 8.78 Å². The van der Waals surface area contributed by atoms with Gasteiger partial charge in [-0.3, -0.25) is 0 Å². The summed E-state index contributed by atoms with van der Waals surface area (Å²) in [6, 6.07) is 13.8. The van der Waals surface area contributed by atoms with Gasteiger partial charge in [-0.15, -0.1) is 11.8 Å². The monoisotopic (exact) mass is 454 g/mol. The summed E-state index contributed by atoms with van der Waals surface area (Å²) in [5.74, 6) is 0.474. The molecule has 0 spiro atoms. The van der Waals surface area contributed by atoms with E-state index in [0.717, 1.165) is 61.5 Å². The van der Waals surface area contributed by atoms with E-state index in [-0.39, 0.29) is 16.9 Å². The SMILES string of the molecule is C=C/C=C(\C=C)CNC1CCN(CCSC(c2ccc(F)cc2)c2ccc(F)cc2)CC1. The molecule has 0 radical (unpaired) electrons. The van der Waals surface area contributed by atoms with Gasteiger partial charge in [0, 0.05) is 24.9 Å². The third-order valence-corrected chi connectivity index (χ3v) is 7.11. The average Bonchev–Trinajstić information content (AvgIpc) is 2.82. The third kappa shape index (κ3) is 7.44. The number of likely N-dealkylation sites (tertiary alicyclic amines) is 1. The zero-order chi connectivity index (χ0) is 22.8. The van der Waals surface area contributed by atoms with Crippen molar-refractivity contribution in [2.24, 2.45) is 0 Å². The minimum atomic E-state index is -0.242. The van der Waals surface area contributed by atoms with Crippen molar-refractivity contribution in [3.63, 3.8) is 0 Å². The molecule has 32 heavy (non-hydrogen) atoms. The summed E-state index contributed by atoms with van der Waals surface area (Å²) in [6.07, 6.45) is 7.92. The molecule has 2 aromatic rings. The molecular formula is C27H32F2N2S. The highest BCUT2D eigenvalue weighted by molar-refractivity contribution is 7.99. The first kappa shape index (κ1) is 24.4. The molecule has 0 unspecified atom stereocenters. The van der Waals surface area contributed by atoms with E-state index in [1.165, 1.54) is 24.3 Å². The molecule has 0 aromatic heterocycles. The van der Waals surface area contributed by atoms with Gasteiger partial charge in [0.05, 0.1) is 5.25 Å². The van der Waals surface area contributed by atoms with Crippen molar-refractivity contribution in [1.29, 1.82) is 0 Å². The summed E-state index contributed by atoms with van der Waals surface area (Å²) < 4.78 is 26.8. The summed E-state index contributed by atoms with van der Waals surface area (Å²) in [7, 11) is 0. The second kappa shape index (κ2) is 12.7. The van der Waals surface area contributed by atoms with E-state index in [0.29, 0.717) is 6.04 Å². The van der Waals surface area contributed by atoms with Gasteiger partial charge in [0.1, 0.15) is 11.6 Å². The molecule has 2 nitrogen and oxygen atoms in total. The van der Waals surface area contributed by atoms with Crippen molar-refractivity contribution < 1.29 is 8.78 Å². The lowest BCUT2D eigenvalue weighted by atomic mass is 10.0. The maximum Gasteiger partial charge on any atom is 0.123 e. The number of halogens is 2. The van der Waals surface area contributed by atoms with Crippen LogP contribution in [0.25, 0.3) is 0 Å². The van der Waals surface area contributed by atoms with Crippen LogP contribution in [0, 0.1) is 11.6 Å². The highest BCUT2D eigenvalue weighted by atomic mass is 32.2. The molecule has 1 fully saturated rings. The largest absolute Gasteiger partial charge is 0.310 e. The molecule has 0 atom stereocenters. The maximum atomic E-state index is 13.4. The van der Waals surface area contributed by atoms with Crippen LogP contribution in [0.4, 0.5) is 8.78 Å². The Bertz CT molecular complexity index is 839. The number of nitrogens with one attached hydrogen (secondary N) is 1. The molecule has 1 N–H and O–H groups in total. The predicted octanol–water partition coefficient (Wildman–Crippen LogP) is 6.14. The topological polar surface area (TPSA) is 15.3 Å². The Balaban J connectivity index is 1.49. The number of hydrogen-bond donors (Lipinski definition) is 1. The Labute approximate surface area is 195 Å². The lowest BCUT2D eigenvalue weighted by Gasteiger charge is -2.32. The Morgan fingerprint density at radius 2 is 1.56 bits per heavy atom. The van der Waals surface area contributed by atoms with Crippen molar-refractivity contribution in [3.8, 4) is 0 Å². The van der Waals surface area contributed by atoms with Gasteiger partial charge < -0.3 is 10.2 Å². The summed E-state index contributed by atoms with van der Waals surface area (Å²) in [5.41, 5.74) is 3.24. The lowest BCUT2D eigenvalue weighted by Crippen LogP contribution is -2.43. The number of piperidine rings is 1. The zero-order valence-electron chi connectivity index (χ0n) is 18.5. The summed E-state index contributed by atoms with van der Waals surface area (Å²) >= 11 is 1.83. The number of hydrogen-bond acceptors (Lipinski definition) is 3. The molecule has 3 rings (SSSR count). The summed E-state index contributed by atoms with van der Waals surface area (Å²) in [5, 5.41) is 3.68. The fraction of sp³-hybridized carbons (Fsp3) is 0.333. The smallest absolute Gasteiger partial charge is 0.123 e. The van der Waals surface area contributed by atoms with Crippen molar-refractivity contribution in [2.75, 3.05) is 31.9 Å². The van der Waals surface area contributed by atoms with Crippen LogP contribution >= 0.6 is 11.8 Å². The molecule has 1 saturated heterocycles. The number of benzene rings is 2. The molecule has 170 valence electrons. The predicted molar refractivity (Wildman–Crippen MR) is 133 cm³/mol. The van der Waals surface area contributed by atoms with Gasteiger partial charge in [0.2, 0.25) is 0 Å². The first-order valence-corrected chi connectivity index (χ1v) is 12.2. The lowest BCUT2D eigenvalue weighted by molar-refractivity contribution is 0.210. The Kier molecular flexibility index (Phi) is 9.72. The fourth-order valence-electron chi connectivity index (χ4n) is 3.93. The minimum absolute atomic E-state index is 0.0596. The van der Waals surface area contributed by atoms with Crippen LogP contribution in [0.15, 0.2) is 85.5 Å². The molecule has 0 aliphatic carbocycles. The van der Waals surface area contributed by atoms with Crippen LogP contribution in [-0.2, 0) is 0 Å². The molecular weight excluding hydrogens is 422 g/mol. The zero-order valence-corrected chi connectivity index (χ0v) is 19.3. The molecule has 0 amide bonds. The second-order valence-corrected chi connectivity index (χ2v) is 9.25. The first-order chi connectivity index (χ1) is 15.6. The van der Waals surface area contributed by atoms with Gasteiger partial charge in [0.25, 0.3) is 0 Å². The van der Waals surface area contributed by atoms with E-state index >= 15 is 0 Å². The molecule has 0 bridgehead atoms. The molecule has 2 aromatic carbocycles. The van der Waals surface area contributed by atoms with Gasteiger partial charge in [-0.2, -0.15) is 0 Å². The van der Waals surface area contributed by atoms with Crippen LogP contribution in [-0.4, -0.2) is 42.9 Å². The van der Waals surface area contributed by atoms with Crippen LogP contribution < -0.4 is 5.32 Å². The van der Waals surface area contributed by atoms with E-state index < -0.39 is 0 Å². The van der Waals surface area contributed by atoms with Gasteiger partial charge >= 0.3 is 0 Å². The number of rotatable bonds is 11. The van der Waals surface area contributed by atoms with Crippen LogP contribution in [0.2, 0.25) is 0 Å². The maximum absolute atomic E-state index is 13.4. The van der Waals surface area contributed by atoms with Gasteiger partial charge in [-0.1, -0.05) is 55.7 Å². The molecule has 1 aliphatic heterocycles. The Morgan fingerprint density at radius 3 is 2.06 bits per heavy atom. The third-order valence-electron chi connectivity index (χ3n) is 5.81. The van der Waals surface area contributed by atoms with Crippen molar-refractivity contribution in [2.45, 2.75) is 24.1 Å². The van der Waals surface area contributed by atoms with E-state index in [9.17, 15) is 8.78 Å². The van der Waals surface area contributed by atoms with Gasteiger partial charge in [0.15, 0.2) is 0 Å². The second-order valence-electron chi connectivity index (χ2n) is 8.03. The van der Waals surface area contributed by atoms with Crippen molar-refractivity contribution >= 4 is 11.8 Å².